The van der Waals surface area contributed by atoms with Crippen molar-refractivity contribution in [3.05, 3.63) is 53.6 Å². The van der Waals surface area contributed by atoms with E-state index < -0.39 is 0 Å². The fourth-order valence-electron chi connectivity index (χ4n) is 1.33. The Morgan fingerprint density at radius 2 is 2.18 bits per heavy atom. The summed E-state index contributed by atoms with van der Waals surface area (Å²) in [7, 11) is 0. The zero-order valence-corrected chi connectivity index (χ0v) is 9.46. The van der Waals surface area contributed by atoms with Gasteiger partial charge in [-0.05, 0) is 19.1 Å². The summed E-state index contributed by atoms with van der Waals surface area (Å²) in [6.45, 7) is 2.36. The summed E-state index contributed by atoms with van der Waals surface area (Å²) < 4.78 is 5.54. The third-order valence-corrected chi connectivity index (χ3v) is 2.25. The van der Waals surface area contributed by atoms with Crippen LogP contribution in [0.1, 0.15) is 21.7 Å². The largest absolute Gasteiger partial charge is 0.489 e. The van der Waals surface area contributed by atoms with Gasteiger partial charge in [-0.1, -0.05) is 6.07 Å². The minimum absolute atomic E-state index is 0.365. The van der Waals surface area contributed by atoms with Crippen LogP contribution in [0.15, 0.2) is 36.7 Å². The Bertz CT molecular complexity index is 509. The van der Waals surface area contributed by atoms with Gasteiger partial charge in [-0.3, -0.25) is 14.8 Å². The van der Waals surface area contributed by atoms with Gasteiger partial charge >= 0.3 is 0 Å². The van der Waals surface area contributed by atoms with Crippen molar-refractivity contribution in [2.75, 3.05) is 0 Å². The van der Waals surface area contributed by atoms with Crippen molar-refractivity contribution in [1.82, 2.24) is 9.97 Å². The predicted molar refractivity (Wildman–Crippen MR) is 62.9 cm³/mol. The second kappa shape index (κ2) is 5.21. The molecule has 86 valence electrons. The number of rotatable bonds is 4. The van der Waals surface area contributed by atoms with Crippen molar-refractivity contribution in [2.24, 2.45) is 0 Å². The highest BCUT2D eigenvalue weighted by molar-refractivity contribution is 5.72. The minimum Gasteiger partial charge on any atom is -0.489 e. The Morgan fingerprint density at radius 3 is 2.88 bits per heavy atom. The molecule has 0 aliphatic carbocycles. The van der Waals surface area contributed by atoms with Gasteiger partial charge in [0.05, 0.1) is 0 Å². The molecule has 0 spiro atoms. The number of hydrogen-bond acceptors (Lipinski definition) is 4. The molecule has 0 fully saturated rings. The Hall–Kier alpha value is -2.23. The molecule has 0 amide bonds. The van der Waals surface area contributed by atoms with Gasteiger partial charge in [0.2, 0.25) is 0 Å². The summed E-state index contributed by atoms with van der Waals surface area (Å²) in [5, 5.41) is 0. The van der Waals surface area contributed by atoms with Crippen LogP contribution in [0.3, 0.4) is 0 Å². The third-order valence-electron chi connectivity index (χ3n) is 2.25. The lowest BCUT2D eigenvalue weighted by atomic mass is 10.3. The van der Waals surface area contributed by atoms with Gasteiger partial charge in [0, 0.05) is 29.7 Å². The summed E-state index contributed by atoms with van der Waals surface area (Å²) in [6, 6.07) is 7.22. The van der Waals surface area contributed by atoms with E-state index in [0.717, 1.165) is 11.3 Å². The normalized spacial score (nSPS) is 9.94. The molecule has 0 aliphatic rings. The van der Waals surface area contributed by atoms with E-state index in [-0.39, 0.29) is 0 Å². The first-order chi connectivity index (χ1) is 8.28. The van der Waals surface area contributed by atoms with E-state index in [0.29, 0.717) is 24.3 Å². The molecule has 0 radical (unpaired) electrons. The van der Waals surface area contributed by atoms with Crippen LogP contribution >= 0.6 is 0 Å². The van der Waals surface area contributed by atoms with Crippen LogP contribution in [0.4, 0.5) is 0 Å². The fraction of sp³-hybridized carbons (Fsp3) is 0.154. The van der Waals surface area contributed by atoms with Crippen molar-refractivity contribution in [2.45, 2.75) is 13.5 Å². The van der Waals surface area contributed by atoms with E-state index in [2.05, 4.69) is 9.97 Å². The second-order valence-electron chi connectivity index (χ2n) is 3.63. The molecule has 2 aromatic rings. The van der Waals surface area contributed by atoms with Gasteiger partial charge in [-0.2, -0.15) is 0 Å². The molecule has 2 rings (SSSR count). The Kier molecular flexibility index (Phi) is 3.45. The maximum absolute atomic E-state index is 10.5. The molecule has 0 saturated carbocycles. The lowest BCUT2D eigenvalue weighted by molar-refractivity contribution is 0.111. The molecule has 0 aliphatic heterocycles. The van der Waals surface area contributed by atoms with E-state index in [1.54, 1.807) is 24.5 Å². The van der Waals surface area contributed by atoms with Crippen LogP contribution in [0.2, 0.25) is 0 Å². The average Bonchev–Trinajstić information content (AvgIpc) is 2.38. The Balaban J connectivity index is 2.01. The number of ether oxygens (including phenoxy) is 1. The summed E-state index contributed by atoms with van der Waals surface area (Å²) in [5.41, 5.74) is 2.32. The predicted octanol–water partition coefficient (Wildman–Crippen LogP) is 2.18. The highest BCUT2D eigenvalue weighted by Gasteiger charge is 1.98. The molecular weight excluding hydrogens is 216 g/mol. The quantitative estimate of drug-likeness (QED) is 0.752. The highest BCUT2D eigenvalue weighted by atomic mass is 16.5. The van der Waals surface area contributed by atoms with Crippen molar-refractivity contribution in [1.29, 1.82) is 0 Å². The smallest absolute Gasteiger partial charge is 0.168 e. The number of aryl methyl sites for hydroxylation is 1. The molecule has 0 aromatic carbocycles. The van der Waals surface area contributed by atoms with Crippen molar-refractivity contribution >= 4 is 6.29 Å². The summed E-state index contributed by atoms with van der Waals surface area (Å²) >= 11 is 0. The van der Waals surface area contributed by atoms with Crippen LogP contribution in [-0.4, -0.2) is 16.3 Å². The number of pyridine rings is 2. The van der Waals surface area contributed by atoms with Crippen LogP contribution in [0.25, 0.3) is 0 Å². The summed E-state index contributed by atoms with van der Waals surface area (Å²) in [5.74, 6) is 0.627. The van der Waals surface area contributed by atoms with E-state index >= 15 is 0 Å². The first-order valence-corrected chi connectivity index (χ1v) is 5.23. The molecule has 0 saturated heterocycles. The van der Waals surface area contributed by atoms with Crippen molar-refractivity contribution in [3.63, 3.8) is 0 Å². The lowest BCUT2D eigenvalue weighted by Gasteiger charge is -2.06. The molecular formula is C13H12N2O2. The maximum atomic E-state index is 10.5. The number of hydrogen-bond donors (Lipinski definition) is 0. The number of nitrogens with zero attached hydrogens (tertiary/aromatic N) is 2. The number of aldehydes is 1. The Morgan fingerprint density at radius 1 is 1.29 bits per heavy atom. The van der Waals surface area contributed by atoms with Crippen molar-refractivity contribution < 1.29 is 9.53 Å². The SMILES string of the molecule is Cc1ccc(COc2ccnc(C=O)c2)cn1. The molecule has 0 atom stereocenters. The monoisotopic (exact) mass is 228 g/mol. The molecule has 0 N–H and O–H groups in total. The zero-order valence-electron chi connectivity index (χ0n) is 9.46. The number of carbonyl (C=O) groups is 1. The first-order valence-electron chi connectivity index (χ1n) is 5.23. The molecule has 2 heterocycles. The second-order valence-corrected chi connectivity index (χ2v) is 3.63. The first kappa shape index (κ1) is 11.3. The van der Waals surface area contributed by atoms with Gasteiger partial charge in [0.25, 0.3) is 0 Å². The summed E-state index contributed by atoms with van der Waals surface area (Å²) in [4.78, 5) is 18.6. The van der Waals surface area contributed by atoms with Gasteiger partial charge in [-0.15, -0.1) is 0 Å². The molecule has 4 heteroatoms. The van der Waals surface area contributed by atoms with Gasteiger partial charge in [0.15, 0.2) is 6.29 Å². The highest BCUT2D eigenvalue weighted by Crippen LogP contribution is 2.12. The zero-order chi connectivity index (χ0) is 12.1. The van der Waals surface area contributed by atoms with Gasteiger partial charge in [0.1, 0.15) is 18.1 Å². The number of carbonyl (C=O) groups excluding carboxylic acids is 1. The molecule has 2 aromatic heterocycles. The van der Waals surface area contributed by atoms with Crippen LogP contribution in [0, 0.1) is 6.92 Å². The Labute approximate surface area is 99.3 Å². The van der Waals surface area contributed by atoms with Gasteiger partial charge in [-0.25, -0.2) is 0 Å². The standard InChI is InChI=1S/C13H12N2O2/c1-10-2-3-11(7-15-10)9-17-13-4-5-14-12(6-13)8-16/h2-8H,9H2,1H3. The van der Waals surface area contributed by atoms with E-state index in [4.69, 9.17) is 4.74 Å². The van der Waals surface area contributed by atoms with Crippen molar-refractivity contribution in [3.8, 4) is 5.75 Å². The lowest BCUT2D eigenvalue weighted by Crippen LogP contribution is -1.97. The van der Waals surface area contributed by atoms with E-state index in [9.17, 15) is 4.79 Å². The van der Waals surface area contributed by atoms with Crippen LogP contribution < -0.4 is 4.74 Å². The van der Waals surface area contributed by atoms with Gasteiger partial charge < -0.3 is 4.74 Å². The topological polar surface area (TPSA) is 52.1 Å². The summed E-state index contributed by atoms with van der Waals surface area (Å²) in [6.07, 6.45) is 4.02. The average molecular weight is 228 g/mol. The van der Waals surface area contributed by atoms with E-state index in [1.165, 1.54) is 0 Å². The maximum Gasteiger partial charge on any atom is 0.168 e. The molecule has 17 heavy (non-hydrogen) atoms. The van der Waals surface area contributed by atoms with Crippen LogP contribution in [-0.2, 0) is 6.61 Å². The molecule has 4 nitrogen and oxygen atoms in total. The molecule has 0 unspecified atom stereocenters. The minimum atomic E-state index is 0.365. The molecule has 0 bridgehead atoms. The fourth-order valence-corrected chi connectivity index (χ4v) is 1.33. The van der Waals surface area contributed by atoms with Crippen LogP contribution in [0.5, 0.6) is 5.75 Å². The number of aromatic nitrogens is 2. The third kappa shape index (κ3) is 3.11. The van der Waals surface area contributed by atoms with E-state index in [1.807, 2.05) is 19.1 Å².